The lowest BCUT2D eigenvalue weighted by molar-refractivity contribution is -0.133. The first-order chi connectivity index (χ1) is 10.6. The molecule has 0 unspecified atom stereocenters. The van der Waals surface area contributed by atoms with Crippen LogP contribution in [0.3, 0.4) is 0 Å². The highest BCUT2D eigenvalue weighted by atomic mass is 32.1. The standard InChI is InChI=1S/C13H17N3O5S/c17-8-9(12(19)15-16-3-5-21-6-4-16)14-13(20)11(18)10-2-1-7-22-10/h1-2,7,9,17H,3-6,8H2,(H,14,20)(H,15,19)/t9-/m0/s1. The van der Waals surface area contributed by atoms with Crippen LogP contribution in [-0.4, -0.2) is 66.7 Å². The van der Waals surface area contributed by atoms with Crippen LogP contribution in [0.1, 0.15) is 9.67 Å². The number of Topliss-reactive ketones (excluding diaryl/α,β-unsaturated/α-hetero) is 1. The first-order valence-corrected chi connectivity index (χ1v) is 7.62. The maximum absolute atomic E-state index is 12.0. The average molecular weight is 327 g/mol. The highest BCUT2D eigenvalue weighted by Gasteiger charge is 2.26. The third-order valence-electron chi connectivity index (χ3n) is 3.03. The van der Waals surface area contributed by atoms with Crippen LogP contribution in [0.2, 0.25) is 0 Å². The van der Waals surface area contributed by atoms with Gasteiger partial charge in [0.2, 0.25) is 0 Å². The minimum atomic E-state index is -1.18. The molecule has 0 radical (unpaired) electrons. The summed E-state index contributed by atoms with van der Waals surface area (Å²) < 4.78 is 5.15. The van der Waals surface area contributed by atoms with Gasteiger partial charge in [-0.05, 0) is 11.4 Å². The second-order valence-electron chi connectivity index (χ2n) is 4.59. The lowest BCUT2D eigenvalue weighted by Gasteiger charge is -2.28. The summed E-state index contributed by atoms with van der Waals surface area (Å²) in [6, 6.07) is 1.99. The molecule has 9 heteroatoms. The van der Waals surface area contributed by atoms with Crippen molar-refractivity contribution in [3.8, 4) is 0 Å². The van der Waals surface area contributed by atoms with Gasteiger partial charge in [-0.1, -0.05) is 6.07 Å². The van der Waals surface area contributed by atoms with Gasteiger partial charge in [0.15, 0.2) is 0 Å². The zero-order chi connectivity index (χ0) is 15.9. The molecule has 3 N–H and O–H groups in total. The summed E-state index contributed by atoms with van der Waals surface area (Å²) in [6.07, 6.45) is 0. The van der Waals surface area contributed by atoms with Crippen LogP contribution in [0.4, 0.5) is 0 Å². The Morgan fingerprint density at radius 1 is 1.36 bits per heavy atom. The van der Waals surface area contributed by atoms with Crippen LogP contribution >= 0.6 is 11.3 Å². The predicted molar refractivity (Wildman–Crippen MR) is 78.2 cm³/mol. The number of hydrazine groups is 1. The van der Waals surface area contributed by atoms with Crippen molar-refractivity contribution in [2.45, 2.75) is 6.04 Å². The van der Waals surface area contributed by atoms with Crippen molar-refractivity contribution in [2.75, 3.05) is 32.9 Å². The Bertz CT molecular complexity index is 528. The van der Waals surface area contributed by atoms with E-state index >= 15 is 0 Å². The van der Waals surface area contributed by atoms with Gasteiger partial charge < -0.3 is 15.2 Å². The Balaban J connectivity index is 1.88. The topological polar surface area (TPSA) is 108 Å². The number of nitrogens with zero attached hydrogens (tertiary/aromatic N) is 1. The monoisotopic (exact) mass is 327 g/mol. The zero-order valence-electron chi connectivity index (χ0n) is 11.8. The number of amides is 2. The Morgan fingerprint density at radius 2 is 2.09 bits per heavy atom. The van der Waals surface area contributed by atoms with Gasteiger partial charge in [-0.3, -0.25) is 19.8 Å². The summed E-state index contributed by atoms with van der Waals surface area (Å²) in [7, 11) is 0. The lowest BCUT2D eigenvalue weighted by Crippen LogP contribution is -2.56. The van der Waals surface area contributed by atoms with E-state index in [2.05, 4.69) is 10.7 Å². The Labute approximate surface area is 131 Å². The minimum absolute atomic E-state index is 0.280. The first kappa shape index (κ1) is 16.6. The molecule has 0 saturated carbocycles. The van der Waals surface area contributed by atoms with Gasteiger partial charge in [-0.15, -0.1) is 11.3 Å². The first-order valence-electron chi connectivity index (χ1n) is 6.74. The summed E-state index contributed by atoms with van der Waals surface area (Å²) >= 11 is 1.14. The molecule has 8 nitrogen and oxygen atoms in total. The third kappa shape index (κ3) is 4.34. The number of ketones is 1. The maximum Gasteiger partial charge on any atom is 0.293 e. The van der Waals surface area contributed by atoms with Crippen molar-refractivity contribution >= 4 is 28.9 Å². The summed E-state index contributed by atoms with van der Waals surface area (Å²) in [4.78, 5) is 35.9. The molecular formula is C13H17N3O5S. The van der Waals surface area contributed by atoms with Gasteiger partial charge in [0, 0.05) is 13.1 Å². The Kier molecular flexibility index (Phi) is 6.01. The molecule has 2 amide bonds. The fourth-order valence-corrected chi connectivity index (χ4v) is 2.51. The van der Waals surface area contributed by atoms with E-state index in [1.54, 1.807) is 16.5 Å². The van der Waals surface area contributed by atoms with Gasteiger partial charge in [0.25, 0.3) is 17.6 Å². The van der Waals surface area contributed by atoms with Crippen LogP contribution in [0, 0.1) is 0 Å². The second kappa shape index (κ2) is 7.99. The molecule has 1 saturated heterocycles. The normalized spacial score (nSPS) is 16.8. The number of aliphatic hydroxyl groups excluding tert-OH is 1. The Hall–Kier alpha value is -1.81. The van der Waals surface area contributed by atoms with E-state index in [1.807, 2.05) is 0 Å². The second-order valence-corrected chi connectivity index (χ2v) is 5.54. The van der Waals surface area contributed by atoms with Crippen molar-refractivity contribution in [1.82, 2.24) is 15.8 Å². The third-order valence-corrected chi connectivity index (χ3v) is 3.90. The molecular weight excluding hydrogens is 310 g/mol. The zero-order valence-corrected chi connectivity index (χ0v) is 12.6. The smallest absolute Gasteiger partial charge is 0.293 e. The molecule has 0 aliphatic carbocycles. The highest BCUT2D eigenvalue weighted by molar-refractivity contribution is 7.13. The number of ether oxygens (including phenoxy) is 1. The molecule has 22 heavy (non-hydrogen) atoms. The summed E-state index contributed by atoms with van der Waals surface area (Å²) in [6.45, 7) is 1.43. The van der Waals surface area contributed by atoms with E-state index in [0.717, 1.165) is 11.3 Å². The summed E-state index contributed by atoms with van der Waals surface area (Å²) in [5.74, 6) is -2.22. The molecule has 2 heterocycles. The number of hydrogen-bond donors (Lipinski definition) is 3. The van der Waals surface area contributed by atoms with E-state index < -0.39 is 30.2 Å². The van der Waals surface area contributed by atoms with E-state index in [4.69, 9.17) is 4.74 Å². The van der Waals surface area contributed by atoms with E-state index in [0.29, 0.717) is 26.3 Å². The predicted octanol–water partition coefficient (Wildman–Crippen LogP) is -1.23. The van der Waals surface area contributed by atoms with Crippen molar-refractivity contribution in [2.24, 2.45) is 0 Å². The van der Waals surface area contributed by atoms with E-state index in [9.17, 15) is 19.5 Å². The fraction of sp³-hybridized carbons (Fsp3) is 0.462. The summed E-state index contributed by atoms with van der Waals surface area (Å²) in [5.41, 5.74) is 2.58. The fourth-order valence-electron chi connectivity index (χ4n) is 1.85. The number of thiophene rings is 1. The molecule has 0 spiro atoms. The largest absolute Gasteiger partial charge is 0.394 e. The van der Waals surface area contributed by atoms with Gasteiger partial charge in [0.1, 0.15) is 6.04 Å². The molecule has 1 fully saturated rings. The van der Waals surface area contributed by atoms with Crippen molar-refractivity contribution in [3.05, 3.63) is 22.4 Å². The van der Waals surface area contributed by atoms with Gasteiger partial charge >= 0.3 is 0 Å². The SMILES string of the molecule is O=C(N[C@@H](CO)C(=O)NN1CCOCC1)C(=O)c1cccs1. The van der Waals surface area contributed by atoms with Crippen molar-refractivity contribution in [1.29, 1.82) is 0 Å². The number of nitrogens with one attached hydrogen (secondary N) is 2. The van der Waals surface area contributed by atoms with Crippen molar-refractivity contribution < 1.29 is 24.2 Å². The van der Waals surface area contributed by atoms with Crippen LogP contribution in [0.5, 0.6) is 0 Å². The van der Waals surface area contributed by atoms with E-state index in [1.165, 1.54) is 6.07 Å². The number of carbonyl (C=O) groups excluding carboxylic acids is 3. The number of carbonyl (C=O) groups is 3. The number of aliphatic hydroxyl groups is 1. The molecule has 0 aromatic carbocycles. The molecule has 2 rings (SSSR count). The molecule has 1 aromatic heterocycles. The Morgan fingerprint density at radius 3 is 2.68 bits per heavy atom. The average Bonchev–Trinajstić information content (AvgIpc) is 3.06. The number of rotatable bonds is 6. The minimum Gasteiger partial charge on any atom is -0.394 e. The number of hydrogen-bond acceptors (Lipinski definition) is 7. The van der Waals surface area contributed by atoms with E-state index in [-0.39, 0.29) is 4.88 Å². The van der Waals surface area contributed by atoms with Gasteiger partial charge in [0.05, 0.1) is 24.7 Å². The van der Waals surface area contributed by atoms with Gasteiger partial charge in [-0.25, -0.2) is 5.01 Å². The summed E-state index contributed by atoms with van der Waals surface area (Å²) in [5, 5.41) is 14.8. The maximum atomic E-state index is 12.0. The highest BCUT2D eigenvalue weighted by Crippen LogP contribution is 2.09. The van der Waals surface area contributed by atoms with Gasteiger partial charge in [-0.2, -0.15) is 0 Å². The van der Waals surface area contributed by atoms with Crippen LogP contribution < -0.4 is 10.7 Å². The molecule has 0 bridgehead atoms. The molecule has 120 valence electrons. The molecule has 1 atom stereocenters. The van der Waals surface area contributed by atoms with Crippen LogP contribution in [-0.2, 0) is 14.3 Å². The van der Waals surface area contributed by atoms with Crippen LogP contribution in [0.15, 0.2) is 17.5 Å². The van der Waals surface area contributed by atoms with Crippen molar-refractivity contribution in [3.63, 3.8) is 0 Å². The molecule has 1 aromatic rings. The molecule has 1 aliphatic heterocycles. The molecule has 1 aliphatic rings. The quantitative estimate of drug-likeness (QED) is 0.446. The number of morpholine rings is 1. The van der Waals surface area contributed by atoms with Crippen LogP contribution in [0.25, 0.3) is 0 Å². The lowest BCUT2D eigenvalue weighted by atomic mass is 10.2.